The Morgan fingerprint density at radius 3 is 2.84 bits per heavy atom. The molecule has 0 unspecified atom stereocenters. The molecular weight excluding hydrogens is 244 g/mol. The Hall–Kier alpha value is -2.11. The fraction of sp³-hybridized carbons (Fsp3) is 0.462. The Labute approximate surface area is 112 Å². The highest BCUT2D eigenvalue weighted by Gasteiger charge is 2.18. The molecule has 0 amide bonds. The van der Waals surface area contributed by atoms with Crippen LogP contribution in [0, 0.1) is 6.92 Å². The molecule has 6 heteroatoms. The molecule has 6 nitrogen and oxygen atoms in total. The van der Waals surface area contributed by atoms with E-state index in [1.54, 1.807) is 4.52 Å². The molecule has 2 aromatic heterocycles. The zero-order valence-electron chi connectivity index (χ0n) is 11.6. The van der Waals surface area contributed by atoms with Gasteiger partial charge in [-0.1, -0.05) is 0 Å². The summed E-state index contributed by atoms with van der Waals surface area (Å²) in [5.74, 6) is 0.566. The quantitative estimate of drug-likeness (QED) is 0.780. The molecule has 0 aliphatic rings. The zero-order valence-corrected chi connectivity index (χ0v) is 11.6. The average molecular weight is 262 g/mol. The van der Waals surface area contributed by atoms with Crippen molar-refractivity contribution in [3.63, 3.8) is 0 Å². The Kier molecular flexibility index (Phi) is 3.69. The number of nitrogens with zero attached hydrogens (tertiary/aromatic N) is 4. The van der Waals surface area contributed by atoms with E-state index in [0.29, 0.717) is 0 Å². The number of esters is 1. The molecule has 2 heterocycles. The van der Waals surface area contributed by atoms with Crippen molar-refractivity contribution in [3.05, 3.63) is 24.0 Å². The van der Waals surface area contributed by atoms with E-state index in [1.165, 1.54) is 13.4 Å². The molecular formula is C13H18N4O2. The van der Waals surface area contributed by atoms with Crippen LogP contribution in [0.2, 0.25) is 0 Å². The van der Waals surface area contributed by atoms with Crippen LogP contribution in [0.15, 0.2) is 18.5 Å². The van der Waals surface area contributed by atoms with Crippen LogP contribution in [0.5, 0.6) is 0 Å². The fourth-order valence-electron chi connectivity index (χ4n) is 1.97. The molecule has 102 valence electrons. The van der Waals surface area contributed by atoms with Gasteiger partial charge in [-0.2, -0.15) is 9.61 Å². The maximum Gasteiger partial charge on any atom is 0.325 e. The van der Waals surface area contributed by atoms with Gasteiger partial charge in [-0.25, -0.2) is 4.98 Å². The number of aromatic nitrogens is 3. The van der Waals surface area contributed by atoms with Gasteiger partial charge in [-0.05, 0) is 38.5 Å². The molecule has 0 aliphatic heterocycles. The third-order valence-electron chi connectivity index (χ3n) is 2.95. The summed E-state index contributed by atoms with van der Waals surface area (Å²) in [7, 11) is 1.39. The van der Waals surface area contributed by atoms with Crippen LogP contribution in [-0.4, -0.2) is 40.3 Å². The predicted octanol–water partition coefficient (Wildman–Crippen LogP) is 1.43. The summed E-state index contributed by atoms with van der Waals surface area (Å²) in [5.41, 5.74) is 1.84. The lowest BCUT2D eigenvalue weighted by atomic mass is 10.2. The number of methoxy groups -OCH3 is 1. The van der Waals surface area contributed by atoms with Gasteiger partial charge in [0.25, 0.3) is 0 Å². The maximum atomic E-state index is 11.6. The van der Waals surface area contributed by atoms with Gasteiger partial charge < -0.3 is 9.64 Å². The summed E-state index contributed by atoms with van der Waals surface area (Å²) in [5, 5.41) is 4.21. The smallest absolute Gasteiger partial charge is 0.325 e. The molecule has 2 aromatic rings. The molecule has 0 saturated heterocycles. The lowest BCUT2D eigenvalue weighted by Crippen LogP contribution is -2.37. The molecule has 0 fully saturated rings. The SMILES string of the molecule is COC(=O)CN(c1cc(C)cc2ncnn12)C(C)C. The fourth-order valence-corrected chi connectivity index (χ4v) is 1.97. The van der Waals surface area contributed by atoms with Crippen LogP contribution in [0.3, 0.4) is 0 Å². The molecule has 0 bridgehead atoms. The van der Waals surface area contributed by atoms with Crippen LogP contribution < -0.4 is 4.90 Å². The van der Waals surface area contributed by atoms with Gasteiger partial charge in [0.1, 0.15) is 18.7 Å². The number of aryl methyl sites for hydroxylation is 1. The minimum Gasteiger partial charge on any atom is -0.468 e. The molecule has 19 heavy (non-hydrogen) atoms. The van der Waals surface area contributed by atoms with Gasteiger partial charge in [0.05, 0.1) is 7.11 Å². The molecule has 0 N–H and O–H groups in total. The van der Waals surface area contributed by atoms with Gasteiger partial charge in [0, 0.05) is 6.04 Å². The van der Waals surface area contributed by atoms with Crippen molar-refractivity contribution in [2.75, 3.05) is 18.6 Å². The van der Waals surface area contributed by atoms with Gasteiger partial charge in [0.2, 0.25) is 0 Å². The van der Waals surface area contributed by atoms with E-state index in [9.17, 15) is 4.79 Å². The van der Waals surface area contributed by atoms with Crippen molar-refractivity contribution >= 4 is 17.4 Å². The first-order valence-electron chi connectivity index (χ1n) is 6.16. The maximum absolute atomic E-state index is 11.6. The molecule has 0 radical (unpaired) electrons. The van der Waals surface area contributed by atoms with E-state index in [2.05, 4.69) is 10.1 Å². The average Bonchev–Trinajstić information content (AvgIpc) is 2.82. The second-order valence-electron chi connectivity index (χ2n) is 4.72. The molecule has 0 aromatic carbocycles. The molecule has 0 saturated carbocycles. The largest absolute Gasteiger partial charge is 0.468 e. The molecule has 0 spiro atoms. The van der Waals surface area contributed by atoms with Crippen LogP contribution in [-0.2, 0) is 9.53 Å². The van der Waals surface area contributed by atoms with Crippen molar-refractivity contribution in [2.24, 2.45) is 0 Å². The zero-order chi connectivity index (χ0) is 14.0. The lowest BCUT2D eigenvalue weighted by molar-refractivity contribution is -0.139. The first-order valence-corrected chi connectivity index (χ1v) is 6.16. The molecule has 0 aliphatic carbocycles. The van der Waals surface area contributed by atoms with Crippen molar-refractivity contribution < 1.29 is 9.53 Å². The third kappa shape index (κ3) is 2.67. The number of pyridine rings is 1. The first kappa shape index (κ1) is 13.3. The van der Waals surface area contributed by atoms with E-state index < -0.39 is 0 Å². The molecule has 0 atom stereocenters. The van der Waals surface area contributed by atoms with Crippen molar-refractivity contribution in [3.8, 4) is 0 Å². The third-order valence-corrected chi connectivity index (χ3v) is 2.95. The topological polar surface area (TPSA) is 59.7 Å². The highest BCUT2D eigenvalue weighted by Crippen LogP contribution is 2.20. The summed E-state index contributed by atoms with van der Waals surface area (Å²) >= 11 is 0. The lowest BCUT2D eigenvalue weighted by Gasteiger charge is -2.28. The summed E-state index contributed by atoms with van der Waals surface area (Å²) in [6.45, 7) is 6.23. The van der Waals surface area contributed by atoms with Crippen LogP contribution >= 0.6 is 0 Å². The summed E-state index contributed by atoms with van der Waals surface area (Å²) in [6.07, 6.45) is 1.51. The monoisotopic (exact) mass is 262 g/mol. The normalized spacial score (nSPS) is 11.0. The number of ether oxygens (including phenoxy) is 1. The predicted molar refractivity (Wildman–Crippen MR) is 72.2 cm³/mol. The van der Waals surface area contributed by atoms with Crippen molar-refractivity contribution in [1.82, 2.24) is 14.6 Å². The van der Waals surface area contributed by atoms with E-state index in [1.807, 2.05) is 37.8 Å². The number of rotatable bonds is 4. The highest BCUT2D eigenvalue weighted by molar-refractivity contribution is 5.75. The minimum absolute atomic E-state index is 0.147. The van der Waals surface area contributed by atoms with Crippen LogP contribution in [0.25, 0.3) is 5.65 Å². The van der Waals surface area contributed by atoms with E-state index >= 15 is 0 Å². The Morgan fingerprint density at radius 1 is 1.47 bits per heavy atom. The highest BCUT2D eigenvalue weighted by atomic mass is 16.5. The standard InChI is InChI=1S/C13H18N4O2/c1-9(2)16(7-13(18)19-4)12-6-10(3)5-11-14-8-15-17(11)12/h5-6,8-9H,7H2,1-4H3. The summed E-state index contributed by atoms with van der Waals surface area (Å²) < 4.78 is 6.48. The van der Waals surface area contributed by atoms with Crippen LogP contribution in [0.1, 0.15) is 19.4 Å². The molecule has 2 rings (SSSR count). The van der Waals surface area contributed by atoms with Crippen molar-refractivity contribution in [1.29, 1.82) is 0 Å². The summed E-state index contributed by atoms with van der Waals surface area (Å²) in [4.78, 5) is 17.7. The van der Waals surface area contributed by atoms with Crippen molar-refractivity contribution in [2.45, 2.75) is 26.8 Å². The number of hydrogen-bond acceptors (Lipinski definition) is 5. The van der Waals surface area contributed by atoms with E-state index in [0.717, 1.165) is 17.0 Å². The van der Waals surface area contributed by atoms with Gasteiger partial charge in [0.15, 0.2) is 5.65 Å². The number of fused-ring (bicyclic) bond motifs is 1. The van der Waals surface area contributed by atoms with Gasteiger partial charge in [-0.3, -0.25) is 4.79 Å². The van der Waals surface area contributed by atoms with E-state index in [4.69, 9.17) is 4.74 Å². The van der Waals surface area contributed by atoms with E-state index in [-0.39, 0.29) is 18.6 Å². The van der Waals surface area contributed by atoms with Crippen LogP contribution in [0.4, 0.5) is 5.82 Å². The minimum atomic E-state index is -0.275. The van der Waals surface area contributed by atoms with Gasteiger partial charge >= 0.3 is 5.97 Å². The second-order valence-corrected chi connectivity index (χ2v) is 4.72. The second kappa shape index (κ2) is 5.26. The number of carbonyl (C=O) groups is 1. The van der Waals surface area contributed by atoms with Gasteiger partial charge in [-0.15, -0.1) is 0 Å². The Morgan fingerprint density at radius 2 is 2.21 bits per heavy atom. The number of hydrogen-bond donors (Lipinski definition) is 0. The first-order chi connectivity index (χ1) is 9.02. The number of anilines is 1. The Balaban J connectivity index is 2.49. The summed E-state index contributed by atoms with van der Waals surface area (Å²) in [6, 6.07) is 4.09. The Bertz CT molecular complexity index is 591. The number of carbonyl (C=O) groups excluding carboxylic acids is 1.